The monoisotopic (exact) mass is 324 g/mol. The number of carbonyl (C=O) groups excluding carboxylic acids is 2. The summed E-state index contributed by atoms with van der Waals surface area (Å²) >= 11 is 0. The van der Waals surface area contributed by atoms with E-state index in [4.69, 9.17) is 4.74 Å². The Morgan fingerprint density at radius 1 is 1.33 bits per heavy atom. The van der Waals surface area contributed by atoms with E-state index in [1.807, 2.05) is 12.1 Å². The van der Waals surface area contributed by atoms with Gasteiger partial charge in [0.05, 0.1) is 0 Å². The maximum atomic E-state index is 12.6. The van der Waals surface area contributed by atoms with Gasteiger partial charge < -0.3 is 4.74 Å². The molecule has 126 valence electrons. The molecule has 3 heteroatoms. The summed E-state index contributed by atoms with van der Waals surface area (Å²) in [7, 11) is 0. The van der Waals surface area contributed by atoms with Gasteiger partial charge in [0.25, 0.3) is 0 Å². The minimum absolute atomic E-state index is 0.187. The van der Waals surface area contributed by atoms with Crippen molar-refractivity contribution in [3.8, 4) is 5.75 Å². The number of Topliss-reactive ketones (excluding diaryl/α,β-unsaturated/α-hetero) is 1. The molecule has 4 atom stereocenters. The Balaban J connectivity index is 1.66. The molecule has 0 heterocycles. The third-order valence-corrected chi connectivity index (χ3v) is 6.66. The lowest BCUT2D eigenvalue weighted by atomic mass is 9.55. The van der Waals surface area contributed by atoms with E-state index in [1.54, 1.807) is 0 Å². The summed E-state index contributed by atoms with van der Waals surface area (Å²) in [5, 5.41) is 0. The Morgan fingerprint density at radius 3 is 2.88 bits per heavy atom. The lowest BCUT2D eigenvalue weighted by molar-refractivity contribution is -0.132. The summed E-state index contributed by atoms with van der Waals surface area (Å²) in [5.74, 6) is 2.21. The molecule has 0 aromatic heterocycles. The molecule has 3 nitrogen and oxygen atoms in total. The molecule has 1 aromatic rings. The molecule has 0 saturated heterocycles. The summed E-state index contributed by atoms with van der Waals surface area (Å²) in [6, 6.07) is 6.08. The van der Waals surface area contributed by atoms with E-state index in [0.717, 1.165) is 37.7 Å². The molecule has 3 aliphatic carbocycles. The predicted molar refractivity (Wildman–Crippen MR) is 91.9 cm³/mol. The fourth-order valence-electron chi connectivity index (χ4n) is 5.53. The Morgan fingerprint density at radius 2 is 2.12 bits per heavy atom. The quantitative estimate of drug-likeness (QED) is 0.442. The fourth-order valence-corrected chi connectivity index (χ4v) is 5.53. The average Bonchev–Trinajstić information content (AvgIpc) is 2.77. The predicted octanol–water partition coefficient (Wildman–Crippen LogP) is 4.20. The van der Waals surface area contributed by atoms with Gasteiger partial charge >= 0.3 is 5.97 Å². The van der Waals surface area contributed by atoms with Crippen LogP contribution in [0.1, 0.15) is 56.6 Å². The standard InChI is InChI=1S/C21H24O3/c1-12-10-19-18-6-4-14-11-15(24-13(2)22)5-7-16(14)17(18)8-9-21(19,3)20(12)23/h5,7,11,17-19H,1,4,6,8-10H2,2-3H3/t17-,18-,19+,21+/m1/s1. The van der Waals surface area contributed by atoms with Crippen LogP contribution in [0.15, 0.2) is 30.4 Å². The molecule has 0 N–H and O–H groups in total. The van der Waals surface area contributed by atoms with Gasteiger partial charge in [-0.2, -0.15) is 0 Å². The Kier molecular flexibility index (Phi) is 3.45. The van der Waals surface area contributed by atoms with Crippen molar-refractivity contribution in [2.45, 2.75) is 51.9 Å². The highest BCUT2D eigenvalue weighted by Crippen LogP contribution is 2.60. The van der Waals surface area contributed by atoms with E-state index >= 15 is 0 Å². The van der Waals surface area contributed by atoms with Crippen molar-refractivity contribution in [1.29, 1.82) is 0 Å². The van der Waals surface area contributed by atoms with Crippen molar-refractivity contribution in [3.05, 3.63) is 41.5 Å². The van der Waals surface area contributed by atoms with E-state index in [0.29, 0.717) is 29.3 Å². The first-order chi connectivity index (χ1) is 11.4. The largest absolute Gasteiger partial charge is 0.427 e. The molecule has 0 bridgehead atoms. The minimum Gasteiger partial charge on any atom is -0.427 e. The van der Waals surface area contributed by atoms with Gasteiger partial charge in [-0.1, -0.05) is 19.6 Å². The van der Waals surface area contributed by atoms with E-state index in [9.17, 15) is 9.59 Å². The van der Waals surface area contributed by atoms with Crippen LogP contribution in [0, 0.1) is 17.3 Å². The first-order valence-electron chi connectivity index (χ1n) is 8.94. The lowest BCUT2D eigenvalue weighted by Crippen LogP contribution is -2.42. The molecular weight excluding hydrogens is 300 g/mol. The molecule has 0 amide bonds. The van der Waals surface area contributed by atoms with Crippen LogP contribution in [0.25, 0.3) is 0 Å². The number of hydrogen-bond donors (Lipinski definition) is 0. The number of carbonyl (C=O) groups is 2. The smallest absolute Gasteiger partial charge is 0.308 e. The van der Waals surface area contributed by atoms with Gasteiger partial charge in [0, 0.05) is 12.3 Å². The SMILES string of the molecule is C=C1C[C@H]2[C@@H]3CCc4cc(OC(C)=O)ccc4[C@H]3CC[C@]2(C)C1=O. The molecule has 1 aromatic carbocycles. The van der Waals surface area contributed by atoms with Gasteiger partial charge in [0.15, 0.2) is 5.78 Å². The van der Waals surface area contributed by atoms with Gasteiger partial charge in [-0.25, -0.2) is 0 Å². The molecule has 24 heavy (non-hydrogen) atoms. The molecule has 3 aliphatic rings. The second-order valence-corrected chi connectivity index (χ2v) is 7.96. The minimum atomic E-state index is -0.278. The van der Waals surface area contributed by atoms with Gasteiger partial charge in [-0.05, 0) is 78.7 Å². The second-order valence-electron chi connectivity index (χ2n) is 7.96. The second kappa shape index (κ2) is 5.30. The normalized spacial score (nSPS) is 34.3. The highest BCUT2D eigenvalue weighted by molar-refractivity contribution is 6.02. The zero-order valence-corrected chi connectivity index (χ0v) is 14.4. The maximum absolute atomic E-state index is 12.6. The van der Waals surface area contributed by atoms with E-state index < -0.39 is 0 Å². The van der Waals surface area contributed by atoms with Crippen molar-refractivity contribution >= 4 is 11.8 Å². The van der Waals surface area contributed by atoms with Crippen LogP contribution in [0.4, 0.5) is 0 Å². The summed E-state index contributed by atoms with van der Waals surface area (Å²) in [4.78, 5) is 23.7. The maximum Gasteiger partial charge on any atom is 0.308 e. The van der Waals surface area contributed by atoms with Crippen molar-refractivity contribution in [2.75, 3.05) is 0 Å². The molecule has 0 spiro atoms. The first kappa shape index (κ1) is 15.6. The molecule has 4 rings (SSSR count). The number of aryl methyl sites for hydroxylation is 1. The Labute approximate surface area is 143 Å². The number of rotatable bonds is 1. The lowest BCUT2D eigenvalue weighted by Gasteiger charge is -2.48. The van der Waals surface area contributed by atoms with Gasteiger partial charge in [0.2, 0.25) is 0 Å². The van der Waals surface area contributed by atoms with Gasteiger partial charge in [-0.3, -0.25) is 9.59 Å². The molecule has 2 fully saturated rings. The summed E-state index contributed by atoms with van der Waals surface area (Å²) in [5.41, 5.74) is 3.35. The molecule has 0 radical (unpaired) electrons. The van der Waals surface area contributed by atoms with Crippen LogP contribution >= 0.6 is 0 Å². The van der Waals surface area contributed by atoms with E-state index in [-0.39, 0.29) is 11.4 Å². The van der Waals surface area contributed by atoms with E-state index in [1.165, 1.54) is 18.1 Å². The molecule has 2 saturated carbocycles. The Bertz CT molecular complexity index is 747. The van der Waals surface area contributed by atoms with Crippen molar-refractivity contribution in [3.63, 3.8) is 0 Å². The van der Waals surface area contributed by atoms with Crippen LogP contribution in [0.5, 0.6) is 5.75 Å². The van der Waals surface area contributed by atoms with Crippen molar-refractivity contribution in [2.24, 2.45) is 17.3 Å². The molecule has 0 unspecified atom stereocenters. The van der Waals surface area contributed by atoms with Gasteiger partial charge in [-0.15, -0.1) is 0 Å². The van der Waals surface area contributed by atoms with Crippen LogP contribution in [-0.2, 0) is 16.0 Å². The summed E-state index contributed by atoms with van der Waals surface area (Å²) in [6.07, 6.45) is 5.01. The topological polar surface area (TPSA) is 43.4 Å². The number of benzene rings is 1. The highest BCUT2D eigenvalue weighted by atomic mass is 16.5. The number of hydrogen-bond acceptors (Lipinski definition) is 3. The average molecular weight is 324 g/mol. The van der Waals surface area contributed by atoms with Crippen LogP contribution in [0.3, 0.4) is 0 Å². The molecular formula is C21H24O3. The van der Waals surface area contributed by atoms with Crippen molar-refractivity contribution in [1.82, 2.24) is 0 Å². The van der Waals surface area contributed by atoms with Gasteiger partial charge in [0.1, 0.15) is 5.75 Å². The fraction of sp³-hybridized carbons (Fsp3) is 0.524. The zero-order chi connectivity index (χ0) is 17.1. The Hall–Kier alpha value is -1.90. The van der Waals surface area contributed by atoms with Crippen LogP contribution in [0.2, 0.25) is 0 Å². The zero-order valence-electron chi connectivity index (χ0n) is 14.4. The third-order valence-electron chi connectivity index (χ3n) is 6.66. The number of esters is 1. The number of ether oxygens (including phenoxy) is 1. The molecule has 0 aliphatic heterocycles. The third kappa shape index (κ3) is 2.17. The highest BCUT2D eigenvalue weighted by Gasteiger charge is 2.55. The summed E-state index contributed by atoms with van der Waals surface area (Å²) in [6.45, 7) is 7.62. The number of fused-ring (bicyclic) bond motifs is 5. The van der Waals surface area contributed by atoms with Crippen molar-refractivity contribution < 1.29 is 14.3 Å². The summed E-state index contributed by atoms with van der Waals surface area (Å²) < 4.78 is 5.23. The van der Waals surface area contributed by atoms with Crippen LogP contribution < -0.4 is 4.74 Å². The number of allylic oxidation sites excluding steroid dienone is 1. The number of ketones is 1. The van der Waals surface area contributed by atoms with E-state index in [2.05, 4.69) is 19.6 Å². The van der Waals surface area contributed by atoms with Crippen LogP contribution in [-0.4, -0.2) is 11.8 Å². The first-order valence-corrected chi connectivity index (χ1v) is 8.94.